The number of nitrogens with zero attached hydrogens (tertiary/aromatic N) is 2. The Labute approximate surface area is 158 Å². The van der Waals surface area contributed by atoms with E-state index in [0.717, 1.165) is 13.0 Å². The summed E-state index contributed by atoms with van der Waals surface area (Å²) in [5, 5.41) is 3.93. The van der Waals surface area contributed by atoms with Crippen LogP contribution in [0.15, 0.2) is 0 Å². The van der Waals surface area contributed by atoms with E-state index in [1.165, 1.54) is 4.90 Å². The molecular weight excluding hydrogens is 380 g/mol. The summed E-state index contributed by atoms with van der Waals surface area (Å²) in [5.41, 5.74) is 1.80. The monoisotopic (exact) mass is 406 g/mol. The average molecular weight is 406 g/mol. The van der Waals surface area contributed by atoms with Gasteiger partial charge in [-0.05, 0) is 31.1 Å². The van der Waals surface area contributed by atoms with Gasteiger partial charge in [0.2, 0.25) is 0 Å². The van der Waals surface area contributed by atoms with Gasteiger partial charge in [-0.1, -0.05) is 13.8 Å². The number of hydrogen-bond acceptors (Lipinski definition) is 7. The minimum atomic E-state index is -4.85. The Balaban J connectivity index is 1.63. The van der Waals surface area contributed by atoms with E-state index in [1.54, 1.807) is 13.8 Å². The first-order chi connectivity index (χ1) is 12.5. The van der Waals surface area contributed by atoms with Gasteiger partial charge in [0.1, 0.15) is 6.04 Å². The van der Waals surface area contributed by atoms with Crippen LogP contribution in [0.5, 0.6) is 0 Å². The van der Waals surface area contributed by atoms with Crippen molar-refractivity contribution in [2.24, 2.45) is 11.3 Å². The highest BCUT2D eigenvalue weighted by molar-refractivity contribution is 7.80. The quantitative estimate of drug-likeness (QED) is 0.403. The Morgan fingerprint density at radius 3 is 2.74 bits per heavy atom. The zero-order valence-electron chi connectivity index (χ0n) is 15.5. The Kier molecular flexibility index (Phi) is 5.38. The Morgan fingerprint density at radius 1 is 1.44 bits per heavy atom. The number of nitrogens with one attached hydrogen (secondary N) is 2. The maximum atomic E-state index is 12.6. The predicted octanol–water partition coefficient (Wildman–Crippen LogP) is -0.329. The standard InChI is InChI=1S/C15H26N4O7S/c1-9-4-10(6-16-9)8-25-17-13(20)11-5-15(2,3)12-7-18(11)14(21)19(12)26-27(22,23)24/h9-12,16H,4-8H2,1-3H3,(H,17,20)(H,22,23,24)/t9?,10?,11-,12-/m0/s1. The van der Waals surface area contributed by atoms with E-state index >= 15 is 0 Å². The SMILES string of the molecule is CC1CC(CONC(=O)[C@@H]2CC(C)(C)[C@@H]3CN2C(=O)N3OS(=O)(=O)O)CN1. The first-order valence-electron chi connectivity index (χ1n) is 8.90. The third-order valence-corrected chi connectivity index (χ3v) is 5.84. The van der Waals surface area contributed by atoms with Crippen molar-refractivity contribution in [2.45, 2.75) is 51.7 Å². The number of urea groups is 1. The van der Waals surface area contributed by atoms with Crippen LogP contribution in [0.4, 0.5) is 4.79 Å². The van der Waals surface area contributed by atoms with Crippen LogP contribution in [-0.2, 0) is 24.3 Å². The van der Waals surface area contributed by atoms with Crippen molar-refractivity contribution in [2.75, 3.05) is 19.7 Å². The molecule has 27 heavy (non-hydrogen) atoms. The number of carbonyl (C=O) groups is 2. The van der Waals surface area contributed by atoms with Crippen molar-refractivity contribution in [3.8, 4) is 0 Å². The molecule has 0 aromatic rings. The topological polar surface area (TPSA) is 138 Å². The molecule has 3 fully saturated rings. The van der Waals surface area contributed by atoms with Crippen LogP contribution in [0.2, 0.25) is 0 Å². The van der Waals surface area contributed by atoms with Crippen LogP contribution < -0.4 is 10.8 Å². The number of hydrogen-bond donors (Lipinski definition) is 3. The summed E-state index contributed by atoms with van der Waals surface area (Å²) in [6, 6.07) is -1.79. The summed E-state index contributed by atoms with van der Waals surface area (Å²) >= 11 is 0. The minimum absolute atomic E-state index is 0.115. The molecule has 3 aliphatic heterocycles. The highest BCUT2D eigenvalue weighted by atomic mass is 32.3. The summed E-state index contributed by atoms with van der Waals surface area (Å²) in [5.74, 6) is -0.165. The van der Waals surface area contributed by atoms with Crippen LogP contribution in [0.1, 0.15) is 33.6 Å². The summed E-state index contributed by atoms with van der Waals surface area (Å²) in [7, 11) is -4.85. The molecule has 0 radical (unpaired) electrons. The molecule has 3 N–H and O–H groups in total. The first kappa shape index (κ1) is 20.3. The van der Waals surface area contributed by atoms with Gasteiger partial charge >= 0.3 is 16.4 Å². The van der Waals surface area contributed by atoms with E-state index < -0.39 is 39.8 Å². The fourth-order valence-electron chi connectivity index (χ4n) is 4.05. The fourth-order valence-corrected chi connectivity index (χ4v) is 4.42. The van der Waals surface area contributed by atoms with E-state index in [2.05, 4.69) is 22.0 Å². The van der Waals surface area contributed by atoms with E-state index in [4.69, 9.17) is 9.39 Å². The van der Waals surface area contributed by atoms with Gasteiger partial charge < -0.3 is 10.2 Å². The lowest BCUT2D eigenvalue weighted by Gasteiger charge is -2.40. The summed E-state index contributed by atoms with van der Waals surface area (Å²) in [6.07, 6.45) is 1.26. The largest absolute Gasteiger partial charge is 0.418 e. The van der Waals surface area contributed by atoms with Crippen LogP contribution >= 0.6 is 0 Å². The van der Waals surface area contributed by atoms with Gasteiger partial charge in [-0.3, -0.25) is 14.2 Å². The molecule has 3 rings (SSSR count). The molecule has 0 saturated carbocycles. The molecule has 12 heteroatoms. The van der Waals surface area contributed by atoms with Crippen molar-refractivity contribution < 1.29 is 31.7 Å². The smallest absolute Gasteiger partial charge is 0.314 e. The highest BCUT2D eigenvalue weighted by Crippen LogP contribution is 2.42. The molecule has 2 unspecified atom stereocenters. The van der Waals surface area contributed by atoms with Crippen LogP contribution in [0.25, 0.3) is 0 Å². The second-order valence-electron chi connectivity index (χ2n) is 8.18. The van der Waals surface area contributed by atoms with Gasteiger partial charge in [0, 0.05) is 19.1 Å². The molecule has 3 aliphatic rings. The molecule has 3 heterocycles. The Bertz CT molecular complexity index is 713. The average Bonchev–Trinajstić information content (AvgIpc) is 3.07. The lowest BCUT2D eigenvalue weighted by atomic mass is 9.76. The van der Waals surface area contributed by atoms with Crippen molar-refractivity contribution in [3.05, 3.63) is 0 Å². The lowest BCUT2D eigenvalue weighted by molar-refractivity contribution is -0.141. The van der Waals surface area contributed by atoms with Gasteiger partial charge in [0.25, 0.3) is 5.91 Å². The third-order valence-electron chi connectivity index (χ3n) is 5.50. The molecular formula is C15H26N4O7S. The molecule has 0 aliphatic carbocycles. The number of piperidine rings is 1. The molecule has 4 atom stereocenters. The van der Waals surface area contributed by atoms with Gasteiger partial charge in [-0.25, -0.2) is 10.3 Å². The van der Waals surface area contributed by atoms with Crippen molar-refractivity contribution in [1.29, 1.82) is 0 Å². The Morgan fingerprint density at radius 2 is 2.15 bits per heavy atom. The van der Waals surface area contributed by atoms with Crippen LogP contribution in [0.3, 0.4) is 0 Å². The van der Waals surface area contributed by atoms with Gasteiger partial charge in [0.05, 0.1) is 12.6 Å². The second kappa shape index (κ2) is 7.17. The highest BCUT2D eigenvalue weighted by Gasteiger charge is 2.57. The van der Waals surface area contributed by atoms with E-state index in [9.17, 15) is 18.0 Å². The Hall–Kier alpha value is -1.47. The van der Waals surface area contributed by atoms with Gasteiger partial charge in [0.15, 0.2) is 0 Å². The summed E-state index contributed by atoms with van der Waals surface area (Å²) in [4.78, 5) is 31.7. The van der Waals surface area contributed by atoms with Crippen LogP contribution in [-0.4, -0.2) is 72.7 Å². The molecule has 0 aromatic carbocycles. The molecule has 0 aromatic heterocycles. The first-order valence-corrected chi connectivity index (χ1v) is 10.3. The molecule has 154 valence electrons. The normalized spacial score (nSPS) is 32.8. The number of fused-ring (bicyclic) bond motifs is 2. The van der Waals surface area contributed by atoms with Gasteiger partial charge in [-0.15, -0.1) is 4.28 Å². The van der Waals surface area contributed by atoms with Crippen LogP contribution in [0, 0.1) is 11.3 Å². The molecule has 3 amide bonds. The van der Waals surface area contributed by atoms with Crippen molar-refractivity contribution >= 4 is 22.3 Å². The fraction of sp³-hybridized carbons (Fsp3) is 0.867. The zero-order chi connectivity index (χ0) is 20.0. The van der Waals surface area contributed by atoms with Gasteiger partial charge in [-0.2, -0.15) is 13.5 Å². The van der Waals surface area contributed by atoms with E-state index in [0.29, 0.717) is 30.1 Å². The number of hydroxylamine groups is 3. The lowest BCUT2D eigenvalue weighted by Crippen LogP contribution is -2.54. The summed E-state index contributed by atoms with van der Waals surface area (Å²) in [6.45, 7) is 7.00. The molecule has 0 spiro atoms. The molecule has 11 nitrogen and oxygen atoms in total. The molecule has 2 bridgehead atoms. The maximum absolute atomic E-state index is 12.6. The zero-order valence-corrected chi connectivity index (χ0v) is 16.4. The van der Waals surface area contributed by atoms with Crippen molar-refractivity contribution in [1.82, 2.24) is 20.8 Å². The second-order valence-corrected chi connectivity index (χ2v) is 9.18. The maximum Gasteiger partial charge on any atom is 0.418 e. The summed E-state index contributed by atoms with van der Waals surface area (Å²) < 4.78 is 35.5. The van der Waals surface area contributed by atoms with E-state index in [1.807, 2.05) is 0 Å². The molecule has 3 saturated heterocycles. The number of rotatable bonds is 6. The van der Waals surface area contributed by atoms with Crippen molar-refractivity contribution in [3.63, 3.8) is 0 Å². The third kappa shape index (κ3) is 4.35. The number of amides is 3. The minimum Gasteiger partial charge on any atom is -0.314 e. The predicted molar refractivity (Wildman–Crippen MR) is 92.2 cm³/mol. The van der Waals surface area contributed by atoms with E-state index in [-0.39, 0.29) is 6.54 Å². The number of carbonyl (C=O) groups excluding carboxylic acids is 2.